The Morgan fingerprint density at radius 1 is 1.22 bits per heavy atom. The van der Waals surface area contributed by atoms with Crippen molar-refractivity contribution in [2.45, 2.75) is 38.3 Å². The molecule has 23 heavy (non-hydrogen) atoms. The van der Waals surface area contributed by atoms with Crippen LogP contribution in [0.15, 0.2) is 47.6 Å². The Hall–Kier alpha value is -1.66. The highest BCUT2D eigenvalue weighted by atomic mass is 32.2. The first-order valence-corrected chi connectivity index (χ1v) is 9.37. The summed E-state index contributed by atoms with van der Waals surface area (Å²) in [5, 5.41) is 4.38. The maximum Gasteiger partial charge on any atom is 0.260 e. The lowest BCUT2D eigenvalue weighted by Gasteiger charge is -2.25. The molecule has 1 atom stereocenters. The van der Waals surface area contributed by atoms with Crippen LogP contribution in [0.3, 0.4) is 0 Å². The van der Waals surface area contributed by atoms with Crippen molar-refractivity contribution >= 4 is 10.0 Å². The molecule has 3 rings (SSSR count). The Balaban J connectivity index is 1.94. The molecule has 0 saturated carbocycles. The number of benzene rings is 1. The fourth-order valence-electron chi connectivity index (χ4n) is 3.41. The van der Waals surface area contributed by atoms with Gasteiger partial charge < -0.3 is 0 Å². The van der Waals surface area contributed by atoms with Crippen LogP contribution in [0.4, 0.5) is 0 Å². The van der Waals surface area contributed by atoms with E-state index < -0.39 is 10.0 Å². The van der Waals surface area contributed by atoms with Crippen LogP contribution < -0.4 is 0 Å². The van der Waals surface area contributed by atoms with Crippen molar-refractivity contribution in [2.75, 3.05) is 13.1 Å². The molecule has 1 saturated heterocycles. The number of sulfonamides is 1. The van der Waals surface area contributed by atoms with Gasteiger partial charge in [0.25, 0.3) is 10.0 Å². The molecule has 1 aliphatic heterocycles. The van der Waals surface area contributed by atoms with Gasteiger partial charge in [-0.1, -0.05) is 44.2 Å². The summed E-state index contributed by atoms with van der Waals surface area (Å²) >= 11 is 0. The molecule has 6 heteroatoms. The second-order valence-electron chi connectivity index (χ2n) is 6.73. The number of hydrogen-bond donors (Lipinski definition) is 0. The number of hydrogen-bond acceptors (Lipinski definition) is 3. The van der Waals surface area contributed by atoms with Gasteiger partial charge in [0.05, 0.1) is 6.20 Å². The fourth-order valence-corrected chi connectivity index (χ4v) is 5.20. The zero-order valence-electron chi connectivity index (χ0n) is 13.8. The molecule has 0 bridgehead atoms. The van der Waals surface area contributed by atoms with Crippen LogP contribution in [0.1, 0.15) is 32.3 Å². The quantitative estimate of drug-likeness (QED) is 0.864. The van der Waals surface area contributed by atoms with Crippen molar-refractivity contribution in [3.63, 3.8) is 0 Å². The Morgan fingerprint density at radius 3 is 2.57 bits per heavy atom. The molecule has 1 aromatic carbocycles. The zero-order chi connectivity index (χ0) is 16.7. The number of rotatable bonds is 4. The molecular weight excluding hydrogens is 310 g/mol. The Labute approximate surface area is 138 Å². The predicted octanol–water partition coefficient (Wildman–Crippen LogP) is 2.72. The van der Waals surface area contributed by atoms with E-state index >= 15 is 0 Å². The van der Waals surface area contributed by atoms with E-state index in [1.165, 1.54) is 10.2 Å². The average Bonchev–Trinajstić information content (AvgIpc) is 3.12. The van der Waals surface area contributed by atoms with Crippen molar-refractivity contribution in [2.24, 2.45) is 5.41 Å². The summed E-state index contributed by atoms with van der Waals surface area (Å²) < 4.78 is 29.2. The van der Waals surface area contributed by atoms with Crippen molar-refractivity contribution in [3.05, 3.63) is 48.2 Å². The number of aromatic nitrogens is 2. The van der Waals surface area contributed by atoms with Gasteiger partial charge in [-0.25, -0.2) is 8.42 Å². The smallest absolute Gasteiger partial charge is 0.253 e. The monoisotopic (exact) mass is 333 g/mol. The minimum absolute atomic E-state index is 0.106. The minimum atomic E-state index is -3.52. The second-order valence-corrected chi connectivity index (χ2v) is 8.62. The summed E-state index contributed by atoms with van der Waals surface area (Å²) in [5.74, 6) is 0.191. The van der Waals surface area contributed by atoms with Crippen LogP contribution >= 0.6 is 0 Å². The molecule has 0 amide bonds. The van der Waals surface area contributed by atoms with Crippen LogP contribution in [0.25, 0.3) is 0 Å². The largest absolute Gasteiger partial charge is 0.260 e. The van der Waals surface area contributed by atoms with Crippen molar-refractivity contribution in [1.29, 1.82) is 0 Å². The normalized spacial score (nSPS) is 21.6. The molecule has 0 radical (unpaired) electrons. The topological polar surface area (TPSA) is 55.2 Å². The van der Waals surface area contributed by atoms with E-state index in [-0.39, 0.29) is 16.4 Å². The lowest BCUT2D eigenvalue weighted by Crippen LogP contribution is -2.32. The van der Waals surface area contributed by atoms with Crippen LogP contribution in [0.2, 0.25) is 0 Å². The standard InChI is InChI=1S/C17H23N3O2S/c1-4-20-16(10-11-18-20)23(21,22)19-12-15(17(2,3)13-19)14-8-6-5-7-9-14/h5-11,15H,4,12-13H2,1-3H3. The molecule has 124 valence electrons. The molecule has 1 aliphatic rings. The Morgan fingerprint density at radius 2 is 1.91 bits per heavy atom. The van der Waals surface area contributed by atoms with E-state index in [9.17, 15) is 8.42 Å². The maximum atomic E-state index is 13.0. The molecule has 0 N–H and O–H groups in total. The van der Waals surface area contributed by atoms with Crippen LogP contribution in [0.5, 0.6) is 0 Å². The molecule has 1 aromatic heterocycles. The first-order valence-electron chi connectivity index (χ1n) is 7.93. The van der Waals surface area contributed by atoms with Gasteiger partial charge in [0.1, 0.15) is 0 Å². The highest BCUT2D eigenvalue weighted by Crippen LogP contribution is 2.43. The third-order valence-corrected chi connectivity index (χ3v) is 6.53. The van der Waals surface area contributed by atoms with E-state index in [4.69, 9.17) is 0 Å². The third kappa shape index (κ3) is 2.81. The van der Waals surface area contributed by atoms with E-state index in [1.54, 1.807) is 16.6 Å². The van der Waals surface area contributed by atoms with Gasteiger partial charge >= 0.3 is 0 Å². The van der Waals surface area contributed by atoms with E-state index in [0.29, 0.717) is 19.6 Å². The van der Waals surface area contributed by atoms with Crippen molar-refractivity contribution in [1.82, 2.24) is 14.1 Å². The molecule has 1 unspecified atom stereocenters. The molecule has 1 fully saturated rings. The second kappa shape index (κ2) is 5.76. The number of aryl methyl sites for hydroxylation is 1. The highest BCUT2D eigenvalue weighted by molar-refractivity contribution is 7.89. The zero-order valence-corrected chi connectivity index (χ0v) is 14.6. The van der Waals surface area contributed by atoms with Crippen LogP contribution in [-0.4, -0.2) is 35.6 Å². The Bertz CT molecular complexity index is 781. The van der Waals surface area contributed by atoms with E-state index in [1.807, 2.05) is 25.1 Å². The molecule has 0 spiro atoms. The number of nitrogens with zero attached hydrogens (tertiary/aromatic N) is 3. The summed E-state index contributed by atoms with van der Waals surface area (Å²) in [6.07, 6.45) is 1.55. The van der Waals surface area contributed by atoms with Crippen molar-refractivity contribution < 1.29 is 8.42 Å². The molecule has 2 aromatic rings. The van der Waals surface area contributed by atoms with Gasteiger partial charge in [0.2, 0.25) is 0 Å². The lowest BCUT2D eigenvalue weighted by atomic mass is 9.78. The first-order chi connectivity index (χ1) is 10.9. The van der Waals surface area contributed by atoms with Gasteiger partial charge in [-0.05, 0) is 24.0 Å². The summed E-state index contributed by atoms with van der Waals surface area (Å²) in [6.45, 7) is 7.74. The summed E-state index contributed by atoms with van der Waals surface area (Å²) in [6, 6.07) is 11.8. The first kappa shape index (κ1) is 16.2. The third-order valence-electron chi connectivity index (χ3n) is 4.70. The van der Waals surface area contributed by atoms with Gasteiger partial charge in [-0.3, -0.25) is 4.68 Å². The highest BCUT2D eigenvalue weighted by Gasteiger charge is 2.45. The van der Waals surface area contributed by atoms with E-state index in [2.05, 4.69) is 31.1 Å². The molecular formula is C17H23N3O2S. The van der Waals surface area contributed by atoms with Crippen LogP contribution in [0, 0.1) is 5.41 Å². The SMILES string of the molecule is CCn1nccc1S(=O)(=O)N1CC(c2ccccc2)C(C)(C)C1. The van der Waals surface area contributed by atoms with Gasteiger partial charge in [0.15, 0.2) is 5.03 Å². The summed E-state index contributed by atoms with van der Waals surface area (Å²) in [7, 11) is -3.52. The molecule has 2 heterocycles. The van der Waals surface area contributed by atoms with Gasteiger partial charge in [-0.15, -0.1) is 0 Å². The minimum Gasteiger partial charge on any atom is -0.253 e. The lowest BCUT2D eigenvalue weighted by molar-refractivity contribution is 0.346. The van der Waals surface area contributed by atoms with Gasteiger partial charge in [-0.2, -0.15) is 9.40 Å². The molecule has 0 aliphatic carbocycles. The summed E-state index contributed by atoms with van der Waals surface area (Å²) in [5.41, 5.74) is 1.09. The average molecular weight is 333 g/mol. The molecule has 5 nitrogen and oxygen atoms in total. The Kier molecular flexibility index (Phi) is 4.06. The van der Waals surface area contributed by atoms with E-state index in [0.717, 1.165) is 0 Å². The fraction of sp³-hybridized carbons (Fsp3) is 0.471. The van der Waals surface area contributed by atoms with Crippen LogP contribution in [-0.2, 0) is 16.6 Å². The van der Waals surface area contributed by atoms with Gasteiger partial charge in [0, 0.05) is 25.6 Å². The van der Waals surface area contributed by atoms with Crippen molar-refractivity contribution in [3.8, 4) is 0 Å². The summed E-state index contributed by atoms with van der Waals surface area (Å²) in [4.78, 5) is 0. The predicted molar refractivity (Wildman–Crippen MR) is 89.6 cm³/mol. The maximum absolute atomic E-state index is 13.0.